The van der Waals surface area contributed by atoms with E-state index in [0.717, 1.165) is 26.1 Å². The van der Waals surface area contributed by atoms with Gasteiger partial charge in [-0.05, 0) is 50.7 Å². The summed E-state index contributed by atoms with van der Waals surface area (Å²) >= 11 is 1.67. The maximum Gasteiger partial charge on any atom is 0.222 e. The minimum absolute atomic E-state index is 0.00836. The van der Waals surface area contributed by atoms with Crippen LogP contribution in [0.3, 0.4) is 0 Å². The highest BCUT2D eigenvalue weighted by Gasteiger charge is 2.17. The molecule has 0 fully saturated rings. The van der Waals surface area contributed by atoms with Crippen LogP contribution in [0.15, 0.2) is 0 Å². The van der Waals surface area contributed by atoms with Crippen LogP contribution < -0.4 is 10.6 Å². The summed E-state index contributed by atoms with van der Waals surface area (Å²) < 4.78 is 21.5. The molecule has 0 saturated carbocycles. The number of carbonyl (C=O) groups is 3. The molecule has 0 saturated heterocycles. The first-order valence-corrected chi connectivity index (χ1v) is 15.9. The van der Waals surface area contributed by atoms with Gasteiger partial charge in [0.15, 0.2) is 5.78 Å². The molecule has 0 radical (unpaired) electrons. The summed E-state index contributed by atoms with van der Waals surface area (Å²) in [5.41, 5.74) is 0. The Balaban J connectivity index is 0. The van der Waals surface area contributed by atoms with Crippen LogP contribution in [0, 0.1) is 11.8 Å². The van der Waals surface area contributed by atoms with Crippen molar-refractivity contribution in [3.63, 3.8) is 0 Å². The molecule has 238 valence electrons. The van der Waals surface area contributed by atoms with E-state index in [0.29, 0.717) is 68.9 Å². The molecule has 0 heterocycles. The molecule has 2 N–H and O–H groups in total. The number of rotatable bonds is 24. The van der Waals surface area contributed by atoms with Crippen molar-refractivity contribution in [2.75, 3.05) is 58.6 Å². The Kier molecular flexibility index (Phi) is 28.6. The van der Waals surface area contributed by atoms with Crippen LogP contribution in [0.1, 0.15) is 88.0 Å². The zero-order valence-electron chi connectivity index (χ0n) is 26.8. The van der Waals surface area contributed by atoms with Crippen molar-refractivity contribution in [3.05, 3.63) is 0 Å². The summed E-state index contributed by atoms with van der Waals surface area (Å²) in [6.45, 7) is 22.8. The first kappa shape index (κ1) is 40.9. The van der Waals surface area contributed by atoms with Gasteiger partial charge in [-0.2, -0.15) is 11.8 Å². The third-order valence-electron chi connectivity index (χ3n) is 5.24. The molecule has 40 heavy (non-hydrogen) atoms. The second kappa shape index (κ2) is 27.9. The van der Waals surface area contributed by atoms with Crippen molar-refractivity contribution in [1.82, 2.24) is 10.6 Å². The van der Waals surface area contributed by atoms with Crippen LogP contribution in [-0.4, -0.2) is 93.5 Å². The minimum atomic E-state index is -0.408. The van der Waals surface area contributed by atoms with Crippen molar-refractivity contribution in [2.45, 2.75) is 105 Å². The molecule has 9 nitrogen and oxygen atoms in total. The van der Waals surface area contributed by atoms with Crippen LogP contribution in [-0.2, 0) is 33.3 Å². The van der Waals surface area contributed by atoms with Crippen LogP contribution in [0.4, 0.5) is 0 Å². The largest absolute Gasteiger partial charge is 0.379 e. The Morgan fingerprint density at radius 1 is 0.600 bits per heavy atom. The van der Waals surface area contributed by atoms with E-state index in [9.17, 15) is 14.4 Å². The number of hydrogen-bond donors (Lipinski definition) is 2. The fourth-order valence-corrected chi connectivity index (χ4v) is 3.72. The molecule has 0 aliphatic heterocycles. The van der Waals surface area contributed by atoms with Gasteiger partial charge in [-0.25, -0.2) is 0 Å². The van der Waals surface area contributed by atoms with Gasteiger partial charge in [-0.1, -0.05) is 41.5 Å². The average molecular weight is 593 g/mol. The Morgan fingerprint density at radius 2 is 1.00 bits per heavy atom. The van der Waals surface area contributed by atoms with E-state index in [1.165, 1.54) is 6.92 Å². The van der Waals surface area contributed by atoms with Gasteiger partial charge in [0.2, 0.25) is 11.8 Å². The lowest BCUT2D eigenvalue weighted by Gasteiger charge is -2.16. The summed E-state index contributed by atoms with van der Waals surface area (Å²) in [4.78, 5) is 34.6. The number of nitrogens with one attached hydrogen (secondary N) is 2. The molecular formula is C30H60N2O7S. The molecule has 0 aliphatic rings. The van der Waals surface area contributed by atoms with Gasteiger partial charge < -0.3 is 29.6 Å². The van der Waals surface area contributed by atoms with Crippen molar-refractivity contribution >= 4 is 29.4 Å². The quantitative estimate of drug-likeness (QED) is 0.156. The molecular weight excluding hydrogens is 532 g/mol. The number of ether oxygens (including phenoxy) is 4. The second-order valence-electron chi connectivity index (χ2n) is 11.1. The molecule has 1 unspecified atom stereocenters. The smallest absolute Gasteiger partial charge is 0.222 e. The first-order chi connectivity index (χ1) is 18.8. The number of hydrogen-bond acceptors (Lipinski definition) is 8. The number of ketones is 1. The van der Waals surface area contributed by atoms with E-state index >= 15 is 0 Å². The molecule has 0 aromatic carbocycles. The fraction of sp³-hybridized carbons (Fsp3) is 0.900. The van der Waals surface area contributed by atoms with Crippen LogP contribution >= 0.6 is 11.8 Å². The molecule has 0 aromatic rings. The fourth-order valence-electron chi connectivity index (χ4n) is 2.82. The molecule has 1 atom stereocenters. The van der Waals surface area contributed by atoms with Gasteiger partial charge in [0, 0.05) is 37.9 Å². The van der Waals surface area contributed by atoms with Gasteiger partial charge in [0.05, 0.1) is 45.7 Å². The average Bonchev–Trinajstić information content (AvgIpc) is 2.84. The monoisotopic (exact) mass is 592 g/mol. The van der Waals surface area contributed by atoms with Gasteiger partial charge in [0.1, 0.15) is 0 Å². The summed E-state index contributed by atoms with van der Waals surface area (Å²) in [7, 11) is 0. The number of thioether (sulfide) groups is 1. The highest BCUT2D eigenvalue weighted by Crippen LogP contribution is 2.11. The zero-order chi connectivity index (χ0) is 30.8. The van der Waals surface area contributed by atoms with Crippen LogP contribution in [0.5, 0.6) is 0 Å². The van der Waals surface area contributed by atoms with E-state index < -0.39 is 6.04 Å². The van der Waals surface area contributed by atoms with Gasteiger partial charge in [-0.15, -0.1) is 0 Å². The number of amides is 2. The predicted molar refractivity (Wildman–Crippen MR) is 165 cm³/mol. The van der Waals surface area contributed by atoms with Crippen LogP contribution in [0.2, 0.25) is 0 Å². The molecule has 2 amide bonds. The highest BCUT2D eigenvalue weighted by atomic mass is 32.2. The summed E-state index contributed by atoms with van der Waals surface area (Å²) in [5.74, 6) is 1.82. The minimum Gasteiger partial charge on any atom is -0.379 e. The van der Waals surface area contributed by atoms with E-state index in [1.54, 1.807) is 11.8 Å². The third kappa shape index (κ3) is 33.0. The summed E-state index contributed by atoms with van der Waals surface area (Å²) in [5, 5.41) is 6.03. The molecule has 0 spiro atoms. The zero-order valence-corrected chi connectivity index (χ0v) is 27.7. The number of Topliss-reactive ketones (excluding diaryl/α,β-unsaturated/α-hetero) is 1. The van der Waals surface area contributed by atoms with Crippen molar-refractivity contribution in [2.24, 2.45) is 11.8 Å². The third-order valence-corrected chi connectivity index (χ3v) is 6.43. The lowest BCUT2D eigenvalue weighted by molar-refractivity contribution is -0.127. The van der Waals surface area contributed by atoms with Crippen LogP contribution in [0.25, 0.3) is 0 Å². The van der Waals surface area contributed by atoms with Crippen molar-refractivity contribution in [1.29, 1.82) is 0 Å². The van der Waals surface area contributed by atoms with Crippen molar-refractivity contribution < 1.29 is 33.3 Å². The van der Waals surface area contributed by atoms with Gasteiger partial charge in [-0.3, -0.25) is 14.4 Å². The highest BCUT2D eigenvalue weighted by molar-refractivity contribution is 7.99. The number of carbonyl (C=O) groups excluding carboxylic acids is 3. The van der Waals surface area contributed by atoms with E-state index in [1.807, 2.05) is 13.8 Å². The Morgan fingerprint density at radius 3 is 1.35 bits per heavy atom. The Labute approximate surface area is 248 Å². The molecule has 0 bridgehead atoms. The second-order valence-corrected chi connectivity index (χ2v) is 12.8. The van der Waals surface area contributed by atoms with Crippen molar-refractivity contribution in [3.8, 4) is 0 Å². The lowest BCUT2D eigenvalue weighted by Crippen LogP contribution is -2.42. The summed E-state index contributed by atoms with van der Waals surface area (Å²) in [6.07, 6.45) is 2.81. The van der Waals surface area contributed by atoms with E-state index in [-0.39, 0.29) is 30.1 Å². The molecule has 10 heteroatoms. The van der Waals surface area contributed by atoms with Gasteiger partial charge >= 0.3 is 0 Å². The predicted octanol–water partition coefficient (Wildman–Crippen LogP) is 4.65. The molecule has 0 aromatic heterocycles. The van der Waals surface area contributed by atoms with E-state index in [2.05, 4.69) is 52.2 Å². The Hall–Kier alpha value is -1.20. The van der Waals surface area contributed by atoms with E-state index in [4.69, 9.17) is 18.9 Å². The SMILES string of the molecule is CC(=O)C(CSC(C)C)NC(=O)CCOCCOCCC(C)C.CC(C)CCOCCOCCC(=O)NC(C)C. The first-order valence-electron chi connectivity index (χ1n) is 14.9. The normalized spacial score (nSPS) is 12.0. The standard InChI is InChI=1S/C17H33NO4S.C13H27NO3/c1-13(2)6-8-21-10-11-22-9-7-17(20)18-16(15(5)19)12-23-14(3)4;1-11(2)5-7-16-9-10-17-8-6-13(15)14-12(3)4/h13-14,16H,6-12H2,1-5H3,(H,18,20);11-12H,5-10H2,1-4H3,(H,14,15). The molecule has 0 rings (SSSR count). The summed E-state index contributed by atoms with van der Waals surface area (Å²) in [6, 6.07) is -0.212. The maximum absolute atomic E-state index is 11.8. The van der Waals surface area contributed by atoms with Gasteiger partial charge in [0.25, 0.3) is 0 Å². The topological polar surface area (TPSA) is 112 Å². The Bertz CT molecular complexity index is 631. The molecule has 0 aliphatic carbocycles. The lowest BCUT2D eigenvalue weighted by atomic mass is 10.1. The maximum atomic E-state index is 11.8.